The Balaban J connectivity index is 2.25. The Morgan fingerprint density at radius 2 is 0.872 bits per heavy atom. The van der Waals surface area contributed by atoms with Crippen molar-refractivity contribution in [1.82, 2.24) is 21.3 Å². The number of hydrogen-bond acceptors (Lipinski definition) is 6. The first kappa shape index (κ1) is 38.9. The number of carboxylic acids is 1. The van der Waals surface area contributed by atoms with Crippen LogP contribution in [0.2, 0.25) is 0 Å². The summed E-state index contributed by atoms with van der Waals surface area (Å²) in [5, 5.41) is 20.7. The van der Waals surface area contributed by atoms with Crippen LogP contribution in [0, 0.1) is 17.8 Å². The van der Waals surface area contributed by atoms with E-state index in [1.807, 2.05) is 102 Å². The van der Waals surface area contributed by atoms with Gasteiger partial charge in [0.2, 0.25) is 23.6 Å². The van der Waals surface area contributed by atoms with Crippen LogP contribution in [-0.4, -0.2) is 64.9 Å². The first-order valence-corrected chi connectivity index (χ1v) is 16.4. The first-order valence-electron chi connectivity index (χ1n) is 16.4. The molecule has 0 unspecified atom stereocenters. The van der Waals surface area contributed by atoms with Crippen molar-refractivity contribution in [1.29, 1.82) is 0 Å². The molecule has 0 saturated heterocycles. The SMILES string of the molecule is CC(C)C[C@H](NC(=O)[C@H](Cc1ccccc1)NC(=O)[C@H](CC(C)C)NC(=O)[C@H](CC(C)C)NC(=O)[C@@H](N)Cc1ccccc1)C(=O)O. The summed E-state index contributed by atoms with van der Waals surface area (Å²) in [6, 6.07) is 13.3. The third-order valence-electron chi connectivity index (χ3n) is 7.55. The molecule has 5 atom stereocenters. The largest absolute Gasteiger partial charge is 0.480 e. The molecular weight excluding hydrogens is 598 g/mol. The van der Waals surface area contributed by atoms with Gasteiger partial charge in [0.25, 0.3) is 0 Å². The normalized spacial score (nSPS) is 14.5. The van der Waals surface area contributed by atoms with Crippen LogP contribution in [0.5, 0.6) is 0 Å². The summed E-state index contributed by atoms with van der Waals surface area (Å²) in [7, 11) is 0. The van der Waals surface area contributed by atoms with Crippen molar-refractivity contribution in [2.75, 3.05) is 0 Å². The van der Waals surface area contributed by atoms with Gasteiger partial charge in [0.05, 0.1) is 6.04 Å². The second-order valence-electron chi connectivity index (χ2n) is 13.5. The molecule has 0 bridgehead atoms. The number of carbonyl (C=O) groups is 5. The second-order valence-corrected chi connectivity index (χ2v) is 13.5. The molecule has 47 heavy (non-hydrogen) atoms. The van der Waals surface area contributed by atoms with Gasteiger partial charge in [0.15, 0.2) is 0 Å². The number of benzene rings is 2. The van der Waals surface area contributed by atoms with E-state index in [1.54, 1.807) is 0 Å². The average molecular weight is 652 g/mol. The van der Waals surface area contributed by atoms with Crippen molar-refractivity contribution >= 4 is 29.6 Å². The maximum atomic E-state index is 13.8. The lowest BCUT2D eigenvalue weighted by atomic mass is 9.98. The van der Waals surface area contributed by atoms with Crippen molar-refractivity contribution in [3.05, 3.63) is 71.8 Å². The van der Waals surface area contributed by atoms with Gasteiger partial charge in [0, 0.05) is 6.42 Å². The zero-order valence-electron chi connectivity index (χ0n) is 28.5. The summed E-state index contributed by atoms with van der Waals surface area (Å²) in [6.45, 7) is 11.4. The Kier molecular flexibility index (Phi) is 16.1. The van der Waals surface area contributed by atoms with E-state index in [2.05, 4.69) is 21.3 Å². The van der Waals surface area contributed by atoms with Crippen molar-refractivity contribution in [3.8, 4) is 0 Å². The molecule has 0 radical (unpaired) electrons. The zero-order chi connectivity index (χ0) is 35.1. The van der Waals surface area contributed by atoms with Crippen molar-refractivity contribution in [2.24, 2.45) is 23.5 Å². The molecule has 0 aliphatic carbocycles. The Hall–Kier alpha value is -4.25. The average Bonchev–Trinajstić information content (AvgIpc) is 2.99. The molecule has 11 heteroatoms. The smallest absolute Gasteiger partial charge is 0.326 e. The van der Waals surface area contributed by atoms with Crippen LogP contribution < -0.4 is 27.0 Å². The molecular formula is C36H53N5O6. The summed E-state index contributed by atoms with van der Waals surface area (Å²) in [5.74, 6) is -3.36. The third kappa shape index (κ3) is 14.4. The van der Waals surface area contributed by atoms with Gasteiger partial charge in [-0.2, -0.15) is 0 Å². The molecule has 0 spiro atoms. The zero-order valence-corrected chi connectivity index (χ0v) is 28.5. The highest BCUT2D eigenvalue weighted by atomic mass is 16.4. The lowest BCUT2D eigenvalue weighted by molar-refractivity contribution is -0.142. The number of carboxylic acid groups (broad SMARTS) is 1. The van der Waals surface area contributed by atoms with Crippen LogP contribution in [0.25, 0.3) is 0 Å². The van der Waals surface area contributed by atoms with E-state index in [4.69, 9.17) is 5.73 Å². The molecule has 0 aliphatic rings. The van der Waals surface area contributed by atoms with E-state index < -0.39 is 59.8 Å². The summed E-state index contributed by atoms with van der Waals surface area (Å²) in [5.41, 5.74) is 7.84. The monoisotopic (exact) mass is 651 g/mol. The van der Waals surface area contributed by atoms with E-state index in [0.29, 0.717) is 12.8 Å². The quantitative estimate of drug-likeness (QED) is 0.135. The van der Waals surface area contributed by atoms with E-state index in [9.17, 15) is 29.1 Å². The number of hydrogen-bond donors (Lipinski definition) is 6. The van der Waals surface area contributed by atoms with Crippen molar-refractivity contribution in [2.45, 2.75) is 104 Å². The fraction of sp³-hybridized carbons (Fsp3) is 0.528. The minimum Gasteiger partial charge on any atom is -0.480 e. The highest BCUT2D eigenvalue weighted by Crippen LogP contribution is 2.12. The van der Waals surface area contributed by atoms with Crippen LogP contribution >= 0.6 is 0 Å². The Morgan fingerprint density at radius 1 is 0.532 bits per heavy atom. The summed E-state index contributed by atoms with van der Waals surface area (Å²) >= 11 is 0. The molecule has 0 saturated carbocycles. The number of aliphatic carboxylic acids is 1. The minimum absolute atomic E-state index is 0.00711. The number of amides is 4. The summed E-state index contributed by atoms with van der Waals surface area (Å²) < 4.78 is 0. The molecule has 258 valence electrons. The maximum absolute atomic E-state index is 13.8. The number of carbonyl (C=O) groups excluding carboxylic acids is 4. The van der Waals surface area contributed by atoms with Gasteiger partial charge in [-0.25, -0.2) is 4.79 Å². The fourth-order valence-electron chi connectivity index (χ4n) is 5.21. The number of nitrogens with one attached hydrogen (secondary N) is 4. The van der Waals surface area contributed by atoms with Gasteiger partial charge in [-0.3, -0.25) is 19.2 Å². The lowest BCUT2D eigenvalue weighted by Gasteiger charge is -2.28. The van der Waals surface area contributed by atoms with Crippen molar-refractivity contribution in [3.63, 3.8) is 0 Å². The maximum Gasteiger partial charge on any atom is 0.326 e. The molecule has 7 N–H and O–H groups in total. The number of rotatable bonds is 19. The van der Waals surface area contributed by atoms with E-state index in [-0.39, 0.29) is 37.0 Å². The van der Waals surface area contributed by atoms with Crippen LogP contribution in [0.15, 0.2) is 60.7 Å². The molecule has 2 rings (SSSR count). The first-order chi connectivity index (χ1) is 22.2. The van der Waals surface area contributed by atoms with E-state index >= 15 is 0 Å². The predicted octanol–water partition coefficient (Wildman–Crippen LogP) is 2.96. The molecule has 0 aliphatic heterocycles. The number of nitrogens with two attached hydrogens (primary N) is 1. The van der Waals surface area contributed by atoms with Crippen molar-refractivity contribution < 1.29 is 29.1 Å². The van der Waals surface area contributed by atoms with Gasteiger partial charge < -0.3 is 32.1 Å². The summed E-state index contributed by atoms with van der Waals surface area (Å²) in [4.78, 5) is 65.8. The Labute approximate surface area is 278 Å². The topological polar surface area (TPSA) is 180 Å². The molecule has 2 aromatic rings. The van der Waals surface area contributed by atoms with Crippen LogP contribution in [0.4, 0.5) is 0 Å². The lowest BCUT2D eigenvalue weighted by Crippen LogP contribution is -2.59. The van der Waals surface area contributed by atoms with E-state index in [0.717, 1.165) is 11.1 Å². The third-order valence-corrected chi connectivity index (χ3v) is 7.55. The standard InChI is InChI=1S/C36H53N5O6/c1-22(2)17-28(38-32(42)27(37)20-25-13-9-7-10-14-25)33(43)39-29(18-23(3)4)34(44)40-30(21-26-15-11-8-12-16-26)35(45)41-31(36(46)47)19-24(5)6/h7-16,22-24,27-31H,17-21,37H2,1-6H3,(H,38,42)(H,39,43)(H,40,44)(H,41,45)(H,46,47)/t27-,28-,29-,30-,31-/m0/s1. The Morgan fingerprint density at radius 3 is 1.30 bits per heavy atom. The van der Waals surface area contributed by atoms with Crippen LogP contribution in [-0.2, 0) is 36.8 Å². The highest BCUT2D eigenvalue weighted by Gasteiger charge is 2.32. The molecule has 0 fully saturated rings. The molecule has 2 aromatic carbocycles. The van der Waals surface area contributed by atoms with E-state index in [1.165, 1.54) is 0 Å². The molecule has 4 amide bonds. The molecule has 0 aromatic heterocycles. The van der Waals surface area contributed by atoms with Gasteiger partial charge in [-0.1, -0.05) is 102 Å². The Bertz CT molecular complexity index is 1300. The summed E-state index contributed by atoms with van der Waals surface area (Å²) in [6.07, 6.45) is 1.21. The predicted molar refractivity (Wildman–Crippen MR) is 182 cm³/mol. The van der Waals surface area contributed by atoms with Crippen LogP contribution in [0.3, 0.4) is 0 Å². The van der Waals surface area contributed by atoms with Crippen LogP contribution in [0.1, 0.15) is 71.9 Å². The molecule has 0 heterocycles. The fourth-order valence-corrected chi connectivity index (χ4v) is 5.21. The van der Waals surface area contributed by atoms with Gasteiger partial charge >= 0.3 is 5.97 Å². The highest BCUT2D eigenvalue weighted by molar-refractivity contribution is 5.95. The van der Waals surface area contributed by atoms with Gasteiger partial charge in [0.1, 0.15) is 24.2 Å². The minimum atomic E-state index is -1.16. The van der Waals surface area contributed by atoms with Gasteiger partial charge in [-0.15, -0.1) is 0 Å². The molecule has 11 nitrogen and oxygen atoms in total. The van der Waals surface area contributed by atoms with Gasteiger partial charge in [-0.05, 0) is 54.6 Å². The second kappa shape index (κ2) is 19.4.